The molecule has 0 radical (unpaired) electrons. The summed E-state index contributed by atoms with van der Waals surface area (Å²) in [6, 6.07) is 0.618. The van der Waals surface area contributed by atoms with Crippen LogP contribution >= 0.6 is 11.6 Å². The Bertz CT molecular complexity index is 418. The molecule has 1 aromatic heterocycles. The van der Waals surface area contributed by atoms with Gasteiger partial charge in [-0.2, -0.15) is 0 Å². The first kappa shape index (κ1) is 13.6. The molecule has 0 bridgehead atoms. The highest BCUT2D eigenvalue weighted by Gasteiger charge is 2.25. The Labute approximate surface area is 115 Å². The summed E-state index contributed by atoms with van der Waals surface area (Å²) in [6.07, 6.45) is 6.31. The van der Waals surface area contributed by atoms with Crippen molar-refractivity contribution in [2.75, 3.05) is 11.4 Å². The van der Waals surface area contributed by atoms with Crippen LogP contribution in [0, 0.1) is 13.8 Å². The molecular formula is C14H22ClN3. The molecule has 0 N–H and O–H groups in total. The van der Waals surface area contributed by atoms with Gasteiger partial charge in [0, 0.05) is 18.2 Å². The lowest BCUT2D eigenvalue weighted by Crippen LogP contribution is -2.40. The fourth-order valence-electron chi connectivity index (χ4n) is 2.77. The predicted octanol–water partition coefficient (Wildman–Crippen LogP) is 3.91. The summed E-state index contributed by atoms with van der Waals surface area (Å²) in [6.45, 7) is 7.28. The highest BCUT2D eigenvalue weighted by atomic mass is 35.5. The standard InChI is InChI=1S/C14H22ClN3/c1-4-7-12-8-5-6-9-18(12)14-10(2)13(15)16-11(3)17-14/h12H,4-9H2,1-3H3. The monoisotopic (exact) mass is 267 g/mol. The van der Waals surface area contributed by atoms with Gasteiger partial charge < -0.3 is 4.90 Å². The van der Waals surface area contributed by atoms with E-state index in [1.807, 2.05) is 13.8 Å². The van der Waals surface area contributed by atoms with Crippen molar-refractivity contribution in [2.45, 2.75) is 58.9 Å². The number of anilines is 1. The van der Waals surface area contributed by atoms with Crippen LogP contribution in [-0.2, 0) is 0 Å². The normalized spacial score (nSPS) is 20.2. The summed E-state index contributed by atoms with van der Waals surface area (Å²) in [4.78, 5) is 11.3. The largest absolute Gasteiger partial charge is 0.353 e. The Hall–Kier alpha value is -0.830. The van der Waals surface area contributed by atoms with Gasteiger partial charge in [-0.3, -0.25) is 0 Å². The number of hydrogen-bond acceptors (Lipinski definition) is 3. The number of nitrogens with zero attached hydrogens (tertiary/aromatic N) is 3. The van der Waals surface area contributed by atoms with E-state index in [1.165, 1.54) is 32.1 Å². The van der Waals surface area contributed by atoms with Crippen molar-refractivity contribution in [1.29, 1.82) is 0 Å². The first-order valence-electron chi connectivity index (χ1n) is 6.91. The third-order valence-corrected chi connectivity index (χ3v) is 4.06. The minimum atomic E-state index is 0.596. The first-order chi connectivity index (χ1) is 8.63. The second kappa shape index (κ2) is 5.87. The zero-order chi connectivity index (χ0) is 13.1. The molecule has 1 unspecified atom stereocenters. The molecule has 1 fully saturated rings. The highest BCUT2D eigenvalue weighted by molar-refractivity contribution is 6.30. The highest BCUT2D eigenvalue weighted by Crippen LogP contribution is 2.30. The van der Waals surface area contributed by atoms with Crippen molar-refractivity contribution in [2.24, 2.45) is 0 Å². The van der Waals surface area contributed by atoms with Crippen molar-refractivity contribution in [1.82, 2.24) is 9.97 Å². The summed E-state index contributed by atoms with van der Waals surface area (Å²) in [5.74, 6) is 1.81. The Morgan fingerprint density at radius 2 is 2.06 bits per heavy atom. The molecule has 0 aromatic carbocycles. The van der Waals surface area contributed by atoms with Gasteiger partial charge in [0.25, 0.3) is 0 Å². The van der Waals surface area contributed by atoms with Crippen LogP contribution < -0.4 is 4.90 Å². The average Bonchev–Trinajstić information content (AvgIpc) is 2.35. The second-order valence-electron chi connectivity index (χ2n) is 5.14. The zero-order valence-corrected chi connectivity index (χ0v) is 12.3. The molecule has 4 heteroatoms. The maximum atomic E-state index is 6.19. The summed E-state index contributed by atoms with van der Waals surface area (Å²) >= 11 is 6.19. The summed E-state index contributed by atoms with van der Waals surface area (Å²) in [5, 5.41) is 0.596. The first-order valence-corrected chi connectivity index (χ1v) is 7.28. The lowest BCUT2D eigenvalue weighted by atomic mass is 9.98. The lowest BCUT2D eigenvalue weighted by Gasteiger charge is -2.37. The molecular weight excluding hydrogens is 246 g/mol. The Morgan fingerprint density at radius 1 is 1.28 bits per heavy atom. The fraction of sp³-hybridized carbons (Fsp3) is 0.714. The van der Waals surface area contributed by atoms with Crippen molar-refractivity contribution < 1.29 is 0 Å². The van der Waals surface area contributed by atoms with Gasteiger partial charge >= 0.3 is 0 Å². The van der Waals surface area contributed by atoms with E-state index in [4.69, 9.17) is 11.6 Å². The van der Waals surface area contributed by atoms with Crippen LogP contribution in [0.25, 0.3) is 0 Å². The molecule has 3 nitrogen and oxygen atoms in total. The Balaban J connectivity index is 2.33. The molecule has 0 aliphatic carbocycles. The summed E-state index contributed by atoms with van der Waals surface area (Å²) < 4.78 is 0. The number of halogens is 1. The molecule has 1 aliphatic rings. The van der Waals surface area contributed by atoms with E-state index >= 15 is 0 Å². The SMILES string of the molecule is CCCC1CCCCN1c1nc(C)nc(Cl)c1C. The topological polar surface area (TPSA) is 29.0 Å². The molecule has 0 saturated carbocycles. The van der Waals surface area contributed by atoms with Crippen LogP contribution in [-0.4, -0.2) is 22.6 Å². The van der Waals surface area contributed by atoms with Gasteiger partial charge in [0.05, 0.1) is 0 Å². The van der Waals surface area contributed by atoms with Gasteiger partial charge in [-0.15, -0.1) is 0 Å². The fourth-order valence-corrected chi connectivity index (χ4v) is 2.98. The van der Waals surface area contributed by atoms with E-state index in [1.54, 1.807) is 0 Å². The van der Waals surface area contributed by atoms with Gasteiger partial charge in [-0.05, 0) is 39.5 Å². The molecule has 1 saturated heterocycles. The molecule has 0 amide bonds. The molecule has 0 spiro atoms. The third-order valence-electron chi connectivity index (χ3n) is 3.69. The van der Waals surface area contributed by atoms with Gasteiger partial charge in [0.15, 0.2) is 0 Å². The maximum absolute atomic E-state index is 6.19. The molecule has 18 heavy (non-hydrogen) atoms. The smallest absolute Gasteiger partial charge is 0.137 e. The summed E-state index contributed by atoms with van der Waals surface area (Å²) in [7, 11) is 0. The van der Waals surface area contributed by atoms with E-state index in [-0.39, 0.29) is 0 Å². The lowest BCUT2D eigenvalue weighted by molar-refractivity contribution is 0.431. The van der Waals surface area contributed by atoms with Crippen LogP contribution in [0.4, 0.5) is 5.82 Å². The molecule has 1 aromatic rings. The van der Waals surface area contributed by atoms with E-state index in [9.17, 15) is 0 Å². The number of hydrogen-bond donors (Lipinski definition) is 0. The van der Waals surface area contributed by atoms with Crippen LogP contribution in [0.2, 0.25) is 5.15 Å². The van der Waals surface area contributed by atoms with Crippen molar-refractivity contribution in [3.8, 4) is 0 Å². The third kappa shape index (κ3) is 2.77. The van der Waals surface area contributed by atoms with Crippen LogP contribution in [0.3, 0.4) is 0 Å². The van der Waals surface area contributed by atoms with Crippen molar-refractivity contribution in [3.05, 3.63) is 16.5 Å². The molecule has 2 rings (SSSR count). The zero-order valence-electron chi connectivity index (χ0n) is 11.5. The second-order valence-corrected chi connectivity index (χ2v) is 5.50. The molecule has 1 aliphatic heterocycles. The van der Waals surface area contributed by atoms with E-state index in [0.29, 0.717) is 11.2 Å². The number of piperidine rings is 1. The van der Waals surface area contributed by atoms with Gasteiger partial charge in [-0.25, -0.2) is 9.97 Å². The van der Waals surface area contributed by atoms with Crippen LogP contribution in [0.1, 0.15) is 50.4 Å². The predicted molar refractivity (Wildman–Crippen MR) is 76.4 cm³/mol. The van der Waals surface area contributed by atoms with Gasteiger partial charge in [0.2, 0.25) is 0 Å². The molecule has 100 valence electrons. The minimum absolute atomic E-state index is 0.596. The van der Waals surface area contributed by atoms with E-state index in [2.05, 4.69) is 21.8 Å². The molecule has 2 heterocycles. The number of rotatable bonds is 3. The minimum Gasteiger partial charge on any atom is -0.353 e. The van der Waals surface area contributed by atoms with Crippen molar-refractivity contribution in [3.63, 3.8) is 0 Å². The Morgan fingerprint density at radius 3 is 2.78 bits per heavy atom. The summed E-state index contributed by atoms with van der Waals surface area (Å²) in [5.41, 5.74) is 1.02. The Kier molecular flexibility index (Phi) is 4.44. The van der Waals surface area contributed by atoms with E-state index < -0.39 is 0 Å². The van der Waals surface area contributed by atoms with E-state index in [0.717, 1.165) is 23.8 Å². The quantitative estimate of drug-likeness (QED) is 0.778. The number of aromatic nitrogens is 2. The average molecular weight is 268 g/mol. The van der Waals surface area contributed by atoms with Crippen LogP contribution in [0.5, 0.6) is 0 Å². The van der Waals surface area contributed by atoms with Crippen LogP contribution in [0.15, 0.2) is 0 Å². The number of aryl methyl sites for hydroxylation is 1. The molecule has 1 atom stereocenters. The van der Waals surface area contributed by atoms with Crippen molar-refractivity contribution >= 4 is 17.4 Å². The van der Waals surface area contributed by atoms with Gasteiger partial charge in [0.1, 0.15) is 16.8 Å². The van der Waals surface area contributed by atoms with Gasteiger partial charge in [-0.1, -0.05) is 24.9 Å². The maximum Gasteiger partial charge on any atom is 0.137 e.